The Balaban J connectivity index is 1.18. The van der Waals surface area contributed by atoms with Crippen molar-refractivity contribution in [3.8, 4) is 17.0 Å². The minimum atomic E-state index is -0.756. The van der Waals surface area contributed by atoms with E-state index in [1.807, 2.05) is 6.92 Å². The van der Waals surface area contributed by atoms with Crippen LogP contribution in [-0.2, 0) is 0 Å². The van der Waals surface area contributed by atoms with E-state index in [4.69, 9.17) is 9.72 Å². The zero-order valence-electron chi connectivity index (χ0n) is 29.0. The van der Waals surface area contributed by atoms with Gasteiger partial charge in [0.2, 0.25) is 5.95 Å². The number of amides is 1. The molecule has 260 valence electrons. The molecule has 3 fully saturated rings. The number of hydrogen-bond acceptors (Lipinski definition) is 9. The lowest BCUT2D eigenvalue weighted by atomic mass is 9.83. The predicted molar refractivity (Wildman–Crippen MR) is 189 cm³/mol. The number of benzene rings is 1. The summed E-state index contributed by atoms with van der Waals surface area (Å²) >= 11 is 0. The monoisotopic (exact) mass is 670 g/mol. The summed E-state index contributed by atoms with van der Waals surface area (Å²) in [7, 11) is 3.69. The number of nitrogens with zero attached hydrogens (tertiary/aromatic N) is 7. The zero-order chi connectivity index (χ0) is 34.3. The molecule has 5 heterocycles. The Morgan fingerprint density at radius 2 is 1.73 bits per heavy atom. The van der Waals surface area contributed by atoms with Gasteiger partial charge in [-0.25, -0.2) is 14.4 Å². The minimum absolute atomic E-state index is 0.000787. The first-order chi connectivity index (χ1) is 23.6. The number of ether oxygens (including phenoxy) is 1. The van der Waals surface area contributed by atoms with Crippen LogP contribution in [0.15, 0.2) is 42.7 Å². The number of piperidine rings is 1. The third-order valence-electron chi connectivity index (χ3n) is 10.8. The number of aryl methyl sites for hydroxylation is 1. The zero-order valence-corrected chi connectivity index (χ0v) is 29.0. The van der Waals surface area contributed by atoms with Crippen LogP contribution in [0.5, 0.6) is 5.75 Å². The summed E-state index contributed by atoms with van der Waals surface area (Å²) in [5.41, 5.74) is 2.79. The second kappa shape index (κ2) is 13.6. The number of methoxy groups -OCH3 is 1. The number of aromatic nitrogens is 4. The Bertz CT molecular complexity index is 1820. The van der Waals surface area contributed by atoms with Crippen molar-refractivity contribution in [2.75, 3.05) is 63.6 Å². The van der Waals surface area contributed by atoms with Crippen molar-refractivity contribution in [1.82, 2.24) is 29.3 Å². The van der Waals surface area contributed by atoms with Gasteiger partial charge in [-0.1, -0.05) is 0 Å². The van der Waals surface area contributed by atoms with Crippen LogP contribution >= 0.6 is 0 Å². The molecule has 7 rings (SSSR count). The molecule has 49 heavy (non-hydrogen) atoms. The van der Waals surface area contributed by atoms with Gasteiger partial charge < -0.3 is 24.2 Å². The summed E-state index contributed by atoms with van der Waals surface area (Å²) in [5, 5.41) is 13.7. The number of imidazole rings is 1. The molecule has 0 radical (unpaired) electrons. The largest absolute Gasteiger partial charge is 0.496 e. The van der Waals surface area contributed by atoms with E-state index in [1.54, 1.807) is 19.2 Å². The molecule has 3 aromatic heterocycles. The lowest BCUT2D eigenvalue weighted by Gasteiger charge is -2.42. The van der Waals surface area contributed by atoms with E-state index < -0.39 is 17.3 Å². The van der Waals surface area contributed by atoms with Gasteiger partial charge in [0.05, 0.1) is 34.9 Å². The van der Waals surface area contributed by atoms with Crippen molar-refractivity contribution in [2.45, 2.75) is 70.1 Å². The quantitative estimate of drug-likeness (QED) is 0.271. The number of fused-ring (bicyclic) bond motifs is 1. The Hall–Kier alpha value is -4.13. The van der Waals surface area contributed by atoms with E-state index in [0.29, 0.717) is 41.8 Å². The standard InChI is InChI=1S/C37H47FN8O3/c1-24-21-28(33(38)34(40-24)29-23-39-14-9-32(29)49-4)35(47)42-36-41-30-22-27(5-6-31(30)46(36)26-7-12-37(2,48)13-8-26)44-15-10-25(11-16-44)45-19-17-43(3)18-20-45/h5-6,9,14,21-23,25-26,48H,7-8,10-13,15-20H2,1-4H3,(H,41,42,47)/t26-,37+. The Morgan fingerprint density at radius 1 is 1.00 bits per heavy atom. The number of halogens is 1. The second-order valence-electron chi connectivity index (χ2n) is 14.3. The topological polar surface area (TPSA) is 112 Å². The summed E-state index contributed by atoms with van der Waals surface area (Å²) in [6.45, 7) is 10.1. The van der Waals surface area contributed by atoms with Crippen molar-refractivity contribution in [3.63, 3.8) is 0 Å². The Labute approximate surface area is 287 Å². The molecule has 1 aromatic carbocycles. The lowest BCUT2D eigenvalue weighted by Crippen LogP contribution is -2.52. The molecule has 2 aliphatic heterocycles. The molecule has 3 aliphatic rings. The van der Waals surface area contributed by atoms with Crippen molar-refractivity contribution >= 4 is 28.6 Å². The number of rotatable bonds is 7. The number of aliphatic hydroxyl groups is 1. The first-order valence-electron chi connectivity index (χ1n) is 17.5. The number of piperazine rings is 1. The van der Waals surface area contributed by atoms with E-state index in [0.717, 1.165) is 81.7 Å². The van der Waals surface area contributed by atoms with Gasteiger partial charge in [-0.05, 0) is 89.8 Å². The van der Waals surface area contributed by atoms with Crippen molar-refractivity contribution in [2.24, 2.45) is 0 Å². The molecular formula is C37H47FN8O3. The molecule has 2 saturated heterocycles. The highest BCUT2D eigenvalue weighted by Gasteiger charge is 2.33. The molecule has 0 atom stereocenters. The van der Waals surface area contributed by atoms with Crippen LogP contribution in [0.1, 0.15) is 67.5 Å². The molecule has 2 N–H and O–H groups in total. The number of carbonyl (C=O) groups is 1. The van der Waals surface area contributed by atoms with Gasteiger partial charge in [0, 0.05) is 75.1 Å². The highest BCUT2D eigenvalue weighted by molar-refractivity contribution is 6.05. The third-order valence-corrected chi connectivity index (χ3v) is 10.8. The molecule has 1 amide bonds. The van der Waals surface area contributed by atoms with Gasteiger partial charge in [-0.3, -0.25) is 20.0 Å². The van der Waals surface area contributed by atoms with Gasteiger partial charge in [-0.2, -0.15) is 0 Å². The summed E-state index contributed by atoms with van der Waals surface area (Å²) in [6.07, 6.45) is 8.04. The lowest BCUT2D eigenvalue weighted by molar-refractivity contribution is 0.0106. The van der Waals surface area contributed by atoms with Crippen LogP contribution in [0.25, 0.3) is 22.3 Å². The van der Waals surface area contributed by atoms with Crippen molar-refractivity contribution in [3.05, 3.63) is 59.8 Å². The van der Waals surface area contributed by atoms with E-state index in [1.165, 1.54) is 19.4 Å². The third kappa shape index (κ3) is 6.86. The molecule has 0 unspecified atom stereocenters. The van der Waals surface area contributed by atoms with Crippen LogP contribution < -0.4 is 15.0 Å². The van der Waals surface area contributed by atoms with Crippen LogP contribution in [0, 0.1) is 12.7 Å². The van der Waals surface area contributed by atoms with E-state index in [2.05, 4.69) is 59.8 Å². The fourth-order valence-corrected chi connectivity index (χ4v) is 7.81. The second-order valence-corrected chi connectivity index (χ2v) is 14.3. The van der Waals surface area contributed by atoms with Gasteiger partial charge in [-0.15, -0.1) is 0 Å². The molecule has 1 aliphatic carbocycles. The summed E-state index contributed by atoms with van der Waals surface area (Å²) in [6, 6.07) is 10.1. The highest BCUT2D eigenvalue weighted by atomic mass is 19.1. The first-order valence-corrected chi connectivity index (χ1v) is 17.5. The average molecular weight is 671 g/mol. The summed E-state index contributed by atoms with van der Waals surface area (Å²) in [5.74, 6) is -0.592. The SMILES string of the molecule is COc1ccncc1-c1nc(C)cc(C(=O)Nc2nc3cc(N4CCC(N5CCN(C)CC5)CC4)ccc3n2[C@H]2CC[C@@](C)(O)CC2)c1F. The number of anilines is 2. The maximum absolute atomic E-state index is 16.1. The van der Waals surface area contributed by atoms with Gasteiger partial charge in [0.25, 0.3) is 5.91 Å². The molecular weight excluding hydrogens is 623 g/mol. The number of likely N-dealkylation sites (N-methyl/N-ethyl adjacent to an activating group) is 1. The normalized spacial score (nSPS) is 22.8. The number of hydrogen-bond donors (Lipinski definition) is 2. The summed E-state index contributed by atoms with van der Waals surface area (Å²) in [4.78, 5) is 34.9. The van der Waals surface area contributed by atoms with Gasteiger partial charge >= 0.3 is 0 Å². The molecule has 1 saturated carbocycles. The van der Waals surface area contributed by atoms with Crippen molar-refractivity contribution < 1.29 is 19.0 Å². The number of pyridine rings is 2. The molecule has 0 spiro atoms. The maximum atomic E-state index is 16.1. The molecule has 12 heteroatoms. The maximum Gasteiger partial charge on any atom is 0.261 e. The van der Waals surface area contributed by atoms with Crippen LogP contribution in [0.3, 0.4) is 0 Å². The van der Waals surface area contributed by atoms with E-state index >= 15 is 4.39 Å². The summed E-state index contributed by atoms with van der Waals surface area (Å²) < 4.78 is 23.6. The molecule has 11 nitrogen and oxygen atoms in total. The van der Waals surface area contributed by atoms with Gasteiger partial charge in [0.15, 0.2) is 5.82 Å². The smallest absolute Gasteiger partial charge is 0.261 e. The fraction of sp³-hybridized carbons (Fsp3) is 0.514. The average Bonchev–Trinajstić information content (AvgIpc) is 3.46. The Kier molecular flexibility index (Phi) is 9.29. The molecule has 4 aromatic rings. The van der Waals surface area contributed by atoms with Crippen LogP contribution in [-0.4, -0.2) is 105 Å². The Morgan fingerprint density at radius 3 is 2.45 bits per heavy atom. The van der Waals surface area contributed by atoms with Crippen LogP contribution in [0.4, 0.5) is 16.0 Å². The first kappa shape index (κ1) is 33.4. The molecule has 0 bridgehead atoms. The predicted octanol–water partition coefficient (Wildman–Crippen LogP) is 5.28. The fourth-order valence-electron chi connectivity index (χ4n) is 7.81. The number of nitrogens with one attached hydrogen (secondary N) is 1. The van der Waals surface area contributed by atoms with Gasteiger partial charge in [0.1, 0.15) is 11.4 Å². The van der Waals surface area contributed by atoms with Crippen molar-refractivity contribution in [1.29, 1.82) is 0 Å². The van der Waals surface area contributed by atoms with Crippen LogP contribution in [0.2, 0.25) is 0 Å². The van der Waals surface area contributed by atoms with E-state index in [9.17, 15) is 9.90 Å². The van der Waals surface area contributed by atoms with E-state index in [-0.39, 0.29) is 17.3 Å². The number of carbonyl (C=O) groups excluding carboxylic acids is 1. The minimum Gasteiger partial charge on any atom is -0.496 e. The highest BCUT2D eigenvalue weighted by Crippen LogP contribution is 2.39.